The second-order valence-electron chi connectivity index (χ2n) is 7.08. The summed E-state index contributed by atoms with van der Waals surface area (Å²) in [5, 5.41) is 11.1. The summed E-state index contributed by atoms with van der Waals surface area (Å²) in [4.78, 5) is 10.8. The molecular formula is C20H23F2N3O4S. The molecule has 2 aromatic rings. The highest BCUT2D eigenvalue weighted by Gasteiger charge is 2.53. The van der Waals surface area contributed by atoms with Crippen molar-refractivity contribution in [3.63, 3.8) is 0 Å². The molecule has 1 aliphatic heterocycles. The van der Waals surface area contributed by atoms with Crippen molar-refractivity contribution in [2.24, 2.45) is 11.1 Å². The van der Waals surface area contributed by atoms with E-state index in [1.807, 2.05) is 0 Å². The van der Waals surface area contributed by atoms with Crippen LogP contribution in [0.1, 0.15) is 28.8 Å². The summed E-state index contributed by atoms with van der Waals surface area (Å²) in [5.74, 6) is -3.25. The van der Waals surface area contributed by atoms with E-state index in [0.29, 0.717) is 13.1 Å². The average molecular weight is 439 g/mol. The Bertz CT molecular complexity index is 1040. The van der Waals surface area contributed by atoms with Gasteiger partial charge in [-0.2, -0.15) is 0 Å². The van der Waals surface area contributed by atoms with Gasteiger partial charge in [0.15, 0.2) is 4.87 Å². The van der Waals surface area contributed by atoms with Gasteiger partial charge >= 0.3 is 0 Å². The number of piperidine rings is 1. The van der Waals surface area contributed by atoms with E-state index < -0.39 is 43.9 Å². The van der Waals surface area contributed by atoms with Crippen LogP contribution in [-0.2, 0) is 14.9 Å². The van der Waals surface area contributed by atoms with Crippen LogP contribution in [0.2, 0.25) is 0 Å². The molecule has 2 aromatic carbocycles. The summed E-state index contributed by atoms with van der Waals surface area (Å²) in [6.07, 6.45) is 0.553. The zero-order chi connectivity index (χ0) is 21.9. The molecule has 10 heteroatoms. The summed E-state index contributed by atoms with van der Waals surface area (Å²) < 4.78 is 60.0. The number of carbonyl (C=O) groups is 1. The summed E-state index contributed by atoms with van der Waals surface area (Å²) in [6, 6.07) is 8.64. The van der Waals surface area contributed by atoms with E-state index in [9.17, 15) is 22.0 Å². The van der Waals surface area contributed by atoms with Crippen molar-refractivity contribution in [1.29, 1.82) is 0 Å². The predicted molar refractivity (Wildman–Crippen MR) is 107 cm³/mol. The summed E-state index contributed by atoms with van der Waals surface area (Å²) in [6.45, 7) is 0.868. The van der Waals surface area contributed by atoms with Crippen LogP contribution in [0, 0.1) is 17.6 Å². The van der Waals surface area contributed by atoms with Crippen LogP contribution in [0.15, 0.2) is 42.5 Å². The highest BCUT2D eigenvalue weighted by atomic mass is 32.2. The van der Waals surface area contributed by atoms with Crippen LogP contribution in [0.4, 0.5) is 8.78 Å². The van der Waals surface area contributed by atoms with E-state index in [4.69, 9.17) is 9.88 Å². The molecule has 0 spiro atoms. The van der Waals surface area contributed by atoms with Crippen molar-refractivity contribution < 1.29 is 26.7 Å². The molecule has 0 saturated carbocycles. The Morgan fingerprint density at radius 1 is 1.20 bits per heavy atom. The second kappa shape index (κ2) is 8.66. The Morgan fingerprint density at radius 2 is 1.87 bits per heavy atom. The van der Waals surface area contributed by atoms with Gasteiger partial charge in [-0.05, 0) is 56.3 Å². The van der Waals surface area contributed by atoms with Crippen molar-refractivity contribution in [2.45, 2.75) is 17.7 Å². The minimum atomic E-state index is -4.65. The lowest BCUT2D eigenvalue weighted by Crippen LogP contribution is -2.60. The van der Waals surface area contributed by atoms with Gasteiger partial charge < -0.3 is 15.4 Å². The van der Waals surface area contributed by atoms with E-state index >= 15 is 0 Å². The van der Waals surface area contributed by atoms with Crippen LogP contribution in [0.3, 0.4) is 0 Å². The van der Waals surface area contributed by atoms with Gasteiger partial charge in [0.25, 0.3) is 5.91 Å². The smallest absolute Gasteiger partial charge is 0.256 e. The normalized spacial score (nSPS) is 17.2. The van der Waals surface area contributed by atoms with Crippen LogP contribution in [0.5, 0.6) is 5.75 Å². The number of ether oxygens (including phenoxy) is 1. The van der Waals surface area contributed by atoms with Crippen molar-refractivity contribution in [2.75, 3.05) is 20.2 Å². The van der Waals surface area contributed by atoms with Gasteiger partial charge in [-0.25, -0.2) is 22.3 Å². The predicted octanol–water partition coefficient (Wildman–Crippen LogP) is 1.84. The number of para-hydroxylation sites is 1. The Morgan fingerprint density at radius 3 is 2.50 bits per heavy atom. The number of rotatable bonds is 6. The quantitative estimate of drug-likeness (QED) is 0.636. The minimum absolute atomic E-state index is 0.0405. The minimum Gasteiger partial charge on any atom is -0.496 e. The number of halogens is 2. The van der Waals surface area contributed by atoms with Gasteiger partial charge in [0, 0.05) is 11.5 Å². The lowest BCUT2D eigenvalue weighted by molar-refractivity contribution is 0.0885. The van der Waals surface area contributed by atoms with Crippen LogP contribution in [-0.4, -0.2) is 34.5 Å². The largest absolute Gasteiger partial charge is 0.496 e. The maximum atomic E-state index is 14.9. The Labute approximate surface area is 173 Å². The number of nitrogens with one attached hydrogen (secondary N) is 2. The third kappa shape index (κ3) is 4.03. The first-order valence-corrected chi connectivity index (χ1v) is 10.9. The maximum absolute atomic E-state index is 14.9. The third-order valence-electron chi connectivity index (χ3n) is 5.34. The zero-order valence-corrected chi connectivity index (χ0v) is 17.1. The molecule has 0 bridgehead atoms. The van der Waals surface area contributed by atoms with Crippen LogP contribution < -0.4 is 20.5 Å². The van der Waals surface area contributed by atoms with Gasteiger partial charge in [-0.1, -0.05) is 12.1 Å². The zero-order valence-electron chi connectivity index (χ0n) is 16.3. The lowest BCUT2D eigenvalue weighted by atomic mass is 9.84. The summed E-state index contributed by atoms with van der Waals surface area (Å²) >= 11 is 0. The average Bonchev–Trinajstić information content (AvgIpc) is 2.73. The fourth-order valence-corrected chi connectivity index (χ4v) is 5.32. The highest BCUT2D eigenvalue weighted by molar-refractivity contribution is 7.90. The topological polar surface area (TPSA) is 111 Å². The number of methoxy groups -OCH3 is 1. The molecule has 1 aliphatic rings. The molecule has 0 radical (unpaired) electrons. The first-order valence-electron chi connectivity index (χ1n) is 9.35. The highest BCUT2D eigenvalue weighted by Crippen LogP contribution is 2.41. The van der Waals surface area contributed by atoms with Crippen LogP contribution in [0.25, 0.3) is 0 Å². The lowest BCUT2D eigenvalue weighted by Gasteiger charge is -2.41. The molecule has 1 heterocycles. The van der Waals surface area contributed by atoms with Crippen molar-refractivity contribution in [1.82, 2.24) is 10.6 Å². The first kappa shape index (κ1) is 22.1. The van der Waals surface area contributed by atoms with E-state index in [1.165, 1.54) is 19.2 Å². The second-order valence-corrected chi connectivity index (χ2v) is 8.82. The number of hydrogen-bond acceptors (Lipinski definition) is 5. The molecule has 3 rings (SSSR count). The first-order chi connectivity index (χ1) is 14.2. The monoisotopic (exact) mass is 439 g/mol. The van der Waals surface area contributed by atoms with Crippen molar-refractivity contribution in [3.05, 3.63) is 65.2 Å². The van der Waals surface area contributed by atoms with Gasteiger partial charge in [-0.15, -0.1) is 0 Å². The molecule has 1 unspecified atom stereocenters. The molecular weight excluding hydrogens is 416 g/mol. The van der Waals surface area contributed by atoms with Gasteiger partial charge in [0.2, 0.25) is 10.0 Å². The molecule has 30 heavy (non-hydrogen) atoms. The number of carbonyl (C=O) groups excluding carboxylic acids is 1. The number of primary sulfonamides is 1. The third-order valence-corrected chi connectivity index (χ3v) is 6.90. The molecule has 1 saturated heterocycles. The SMILES string of the molecule is COc1ccccc1C(=O)NC(c1cc(F)ccc1F)(C1CCNCC1)S(N)(=O)=O. The number of nitrogens with two attached hydrogens (primary N) is 1. The number of hydrogen-bond donors (Lipinski definition) is 3. The van der Waals surface area contributed by atoms with Crippen molar-refractivity contribution >= 4 is 15.9 Å². The summed E-state index contributed by atoms with van der Waals surface area (Å²) in [5.41, 5.74) is -0.487. The van der Waals surface area contributed by atoms with E-state index in [1.54, 1.807) is 12.1 Å². The van der Waals surface area contributed by atoms with E-state index in [0.717, 1.165) is 18.2 Å². The molecule has 0 aliphatic carbocycles. The number of sulfonamides is 1. The Balaban J connectivity index is 2.22. The fourth-order valence-electron chi connectivity index (χ4n) is 3.92. The van der Waals surface area contributed by atoms with E-state index in [2.05, 4.69) is 10.6 Å². The Hall–Kier alpha value is -2.56. The number of benzene rings is 2. The van der Waals surface area contributed by atoms with Crippen LogP contribution >= 0.6 is 0 Å². The summed E-state index contributed by atoms with van der Waals surface area (Å²) in [7, 11) is -3.29. The van der Waals surface area contributed by atoms with Gasteiger partial charge in [0.05, 0.1) is 12.7 Å². The maximum Gasteiger partial charge on any atom is 0.256 e. The molecule has 4 N–H and O–H groups in total. The Kier molecular flexibility index (Phi) is 6.39. The molecule has 1 atom stereocenters. The van der Waals surface area contributed by atoms with Gasteiger partial charge in [-0.3, -0.25) is 4.79 Å². The standard InChI is InChI=1S/C20H23F2N3O4S/c1-29-18-5-3-2-4-15(18)19(26)25-20(30(23,27)28,13-8-10-24-11-9-13)16-12-14(21)6-7-17(16)22/h2-7,12-13,24H,8-11H2,1H3,(H,25,26)(H2,23,27,28). The molecule has 0 aromatic heterocycles. The van der Waals surface area contributed by atoms with E-state index in [-0.39, 0.29) is 24.2 Å². The number of amides is 1. The molecule has 1 fully saturated rings. The molecule has 162 valence electrons. The van der Waals surface area contributed by atoms with Crippen molar-refractivity contribution in [3.8, 4) is 5.75 Å². The molecule has 1 amide bonds. The van der Waals surface area contributed by atoms with Gasteiger partial charge in [0.1, 0.15) is 17.4 Å². The fraction of sp³-hybridized carbons (Fsp3) is 0.350. The molecule has 7 nitrogen and oxygen atoms in total.